The van der Waals surface area contributed by atoms with E-state index in [9.17, 15) is 5.11 Å². The molecule has 0 aliphatic carbocycles. The molecule has 0 spiro atoms. The summed E-state index contributed by atoms with van der Waals surface area (Å²) in [5, 5.41) is 11.6. The van der Waals surface area contributed by atoms with Gasteiger partial charge >= 0.3 is 0 Å². The van der Waals surface area contributed by atoms with Crippen LogP contribution in [-0.4, -0.2) is 16.8 Å². The Bertz CT molecular complexity index is 659. The van der Waals surface area contributed by atoms with E-state index in [2.05, 4.69) is 60.6 Å². The fourth-order valence-corrected chi connectivity index (χ4v) is 4.44. The highest BCUT2D eigenvalue weighted by molar-refractivity contribution is 7.80. The number of phenolic OH excluding ortho intramolecular Hbond substituents is 1. The number of unbranched alkanes of at least 4 members (excludes halogenated alkanes) is 10. The molecule has 0 radical (unpaired) electrons. The summed E-state index contributed by atoms with van der Waals surface area (Å²) in [4.78, 5) is 0. The molecule has 0 saturated carbocycles. The van der Waals surface area contributed by atoms with Crippen molar-refractivity contribution in [2.24, 2.45) is 0 Å². The number of aromatic hydroxyl groups is 1. The van der Waals surface area contributed by atoms with Crippen molar-refractivity contribution in [2.45, 2.75) is 143 Å². The van der Waals surface area contributed by atoms with Crippen LogP contribution in [0.15, 0.2) is 12.1 Å². The van der Waals surface area contributed by atoms with Gasteiger partial charge in [-0.3, -0.25) is 0 Å². The Hall–Kier alpha value is -1.09. The first-order valence-corrected chi connectivity index (χ1v) is 13.9. The summed E-state index contributed by atoms with van der Waals surface area (Å²) in [5.41, 5.74) is 3.04. The Morgan fingerprint density at radius 1 is 0.758 bits per heavy atom. The first-order chi connectivity index (χ1) is 15.5. The Labute approximate surface area is 210 Å². The van der Waals surface area contributed by atoms with Gasteiger partial charge in [-0.25, -0.2) is 0 Å². The van der Waals surface area contributed by atoms with Crippen molar-refractivity contribution >= 4 is 17.3 Å². The molecule has 190 valence electrons. The Kier molecular flexibility index (Phi) is 13.6. The van der Waals surface area contributed by atoms with Crippen molar-refractivity contribution in [3.05, 3.63) is 28.8 Å². The second-order valence-electron chi connectivity index (χ2n) is 11.8. The van der Waals surface area contributed by atoms with Crippen molar-refractivity contribution in [3.8, 4) is 5.75 Å². The lowest BCUT2D eigenvalue weighted by Crippen LogP contribution is -2.18. The lowest BCUT2D eigenvalue weighted by molar-refractivity contribution is 0.292. The van der Waals surface area contributed by atoms with Crippen LogP contribution < -0.4 is 0 Å². The van der Waals surface area contributed by atoms with Gasteiger partial charge in [0.1, 0.15) is 5.75 Å². The van der Waals surface area contributed by atoms with Crippen LogP contribution >= 0.6 is 12.2 Å². The van der Waals surface area contributed by atoms with E-state index in [-0.39, 0.29) is 10.8 Å². The molecule has 1 rings (SSSR count). The average molecular weight is 477 g/mol. The van der Waals surface area contributed by atoms with Gasteiger partial charge in [-0.1, -0.05) is 125 Å². The van der Waals surface area contributed by atoms with Gasteiger partial charge in [-0.05, 0) is 52.6 Å². The third-order valence-corrected chi connectivity index (χ3v) is 6.74. The molecule has 33 heavy (non-hydrogen) atoms. The number of thiocarbonyl (C=S) groups is 1. The summed E-state index contributed by atoms with van der Waals surface area (Å²) in [5.74, 6) is 0.439. The van der Waals surface area contributed by atoms with Crippen molar-refractivity contribution in [3.63, 3.8) is 0 Å². The molecule has 0 heterocycles. The van der Waals surface area contributed by atoms with E-state index < -0.39 is 0 Å². The number of benzene rings is 1. The third kappa shape index (κ3) is 12.3. The fourth-order valence-electron chi connectivity index (χ4n) is 4.25. The monoisotopic (exact) mass is 476 g/mol. The SMILES string of the molecule is CCCCCCCCCCCCCOC(=S)CCc1cc(C(C)(C)C)c(O)c(C(C)(C)C)c1. The Balaban J connectivity index is 2.33. The Morgan fingerprint density at radius 2 is 1.18 bits per heavy atom. The minimum Gasteiger partial charge on any atom is -0.507 e. The maximum Gasteiger partial charge on any atom is 0.159 e. The minimum atomic E-state index is -0.105. The highest BCUT2D eigenvalue weighted by atomic mass is 32.1. The summed E-state index contributed by atoms with van der Waals surface area (Å²) in [6, 6.07) is 4.30. The molecule has 1 aromatic carbocycles. The number of phenols is 1. The zero-order valence-electron chi connectivity index (χ0n) is 22.8. The molecule has 0 saturated heterocycles. The van der Waals surface area contributed by atoms with Crippen LogP contribution in [0.2, 0.25) is 0 Å². The fraction of sp³-hybridized carbons (Fsp3) is 0.767. The summed E-state index contributed by atoms with van der Waals surface area (Å²) >= 11 is 5.50. The molecule has 0 aromatic heterocycles. The van der Waals surface area contributed by atoms with Crippen LogP contribution in [0, 0.1) is 0 Å². The molecule has 1 aromatic rings. The number of rotatable bonds is 15. The van der Waals surface area contributed by atoms with Gasteiger partial charge in [0.2, 0.25) is 0 Å². The smallest absolute Gasteiger partial charge is 0.159 e. The molecular weight excluding hydrogens is 424 g/mol. The number of hydrogen-bond donors (Lipinski definition) is 1. The molecule has 2 nitrogen and oxygen atoms in total. The van der Waals surface area contributed by atoms with Gasteiger partial charge in [-0.15, -0.1) is 0 Å². The molecule has 0 aliphatic heterocycles. The molecule has 1 N–H and O–H groups in total. The lowest BCUT2D eigenvalue weighted by Gasteiger charge is -2.28. The molecule has 0 bridgehead atoms. The highest BCUT2D eigenvalue weighted by Crippen LogP contribution is 2.40. The van der Waals surface area contributed by atoms with Crippen molar-refractivity contribution in [2.75, 3.05) is 6.61 Å². The van der Waals surface area contributed by atoms with Gasteiger partial charge in [0.15, 0.2) is 5.05 Å². The predicted molar refractivity (Wildman–Crippen MR) is 149 cm³/mol. The van der Waals surface area contributed by atoms with Crippen LogP contribution in [0.1, 0.15) is 142 Å². The van der Waals surface area contributed by atoms with Crippen molar-refractivity contribution < 1.29 is 9.84 Å². The molecule has 0 unspecified atom stereocenters. The lowest BCUT2D eigenvalue weighted by atomic mass is 9.78. The number of hydrogen-bond acceptors (Lipinski definition) is 3. The standard InChI is InChI=1S/C30H52O2S/c1-8-9-10-11-12-13-14-15-16-17-18-21-32-27(33)20-19-24-22-25(29(2,3)4)28(31)26(23-24)30(5,6)7/h22-23,31H,8-21H2,1-7H3. The zero-order chi connectivity index (χ0) is 24.9. The largest absolute Gasteiger partial charge is 0.507 e. The maximum absolute atomic E-state index is 10.9. The van der Waals surface area contributed by atoms with Crippen LogP contribution in [0.4, 0.5) is 0 Å². The number of aryl methyl sites for hydroxylation is 1. The molecule has 0 fully saturated rings. The quantitative estimate of drug-likeness (QED) is 0.202. The van der Waals surface area contributed by atoms with E-state index in [4.69, 9.17) is 17.0 Å². The van der Waals surface area contributed by atoms with Crippen molar-refractivity contribution in [1.82, 2.24) is 0 Å². The predicted octanol–water partition coefficient (Wildman–Crippen LogP) is 9.57. The van der Waals surface area contributed by atoms with E-state index >= 15 is 0 Å². The Morgan fingerprint density at radius 3 is 1.61 bits per heavy atom. The summed E-state index contributed by atoms with van der Waals surface area (Å²) < 4.78 is 5.85. The van der Waals surface area contributed by atoms with E-state index in [1.807, 2.05) is 0 Å². The van der Waals surface area contributed by atoms with Gasteiger partial charge in [0.25, 0.3) is 0 Å². The van der Waals surface area contributed by atoms with E-state index in [0.717, 1.165) is 37.0 Å². The molecule has 0 atom stereocenters. The van der Waals surface area contributed by atoms with Gasteiger partial charge in [-0.2, -0.15) is 0 Å². The van der Waals surface area contributed by atoms with Crippen LogP contribution in [0.3, 0.4) is 0 Å². The third-order valence-electron chi connectivity index (χ3n) is 6.41. The normalized spacial score (nSPS) is 12.2. The van der Waals surface area contributed by atoms with E-state index in [1.54, 1.807) is 0 Å². The summed E-state index contributed by atoms with van der Waals surface area (Å²) in [7, 11) is 0. The maximum atomic E-state index is 10.9. The molecule has 3 heteroatoms. The van der Waals surface area contributed by atoms with Gasteiger partial charge < -0.3 is 9.84 Å². The second-order valence-corrected chi connectivity index (χ2v) is 12.3. The van der Waals surface area contributed by atoms with Crippen LogP contribution in [-0.2, 0) is 22.0 Å². The average Bonchev–Trinajstić information content (AvgIpc) is 2.72. The van der Waals surface area contributed by atoms with Gasteiger partial charge in [0, 0.05) is 6.42 Å². The zero-order valence-corrected chi connectivity index (χ0v) is 23.6. The highest BCUT2D eigenvalue weighted by Gasteiger charge is 2.26. The second kappa shape index (κ2) is 15.0. The summed E-state index contributed by atoms with van der Waals surface area (Å²) in [6.07, 6.45) is 16.3. The van der Waals surface area contributed by atoms with Gasteiger partial charge in [0.05, 0.1) is 6.61 Å². The van der Waals surface area contributed by atoms with Crippen LogP contribution in [0.25, 0.3) is 0 Å². The topological polar surface area (TPSA) is 29.5 Å². The molecule has 0 aliphatic rings. The van der Waals surface area contributed by atoms with E-state index in [0.29, 0.717) is 10.8 Å². The molecule has 0 amide bonds. The molecular formula is C30H52O2S. The minimum absolute atomic E-state index is 0.105. The van der Waals surface area contributed by atoms with E-state index in [1.165, 1.54) is 69.8 Å². The van der Waals surface area contributed by atoms with Crippen molar-refractivity contribution in [1.29, 1.82) is 0 Å². The number of ether oxygens (including phenoxy) is 1. The van der Waals surface area contributed by atoms with Crippen LogP contribution in [0.5, 0.6) is 5.75 Å². The first-order valence-electron chi connectivity index (χ1n) is 13.5. The first kappa shape index (κ1) is 29.9. The summed E-state index contributed by atoms with van der Waals surface area (Å²) in [6.45, 7) is 15.9.